The SMILES string of the molecule is O=C(O)C1CCN(C(=O)Nc2cnc3c(c2)CCCC3)CC1. The van der Waals surface area contributed by atoms with Crippen LogP contribution in [0.1, 0.15) is 36.9 Å². The van der Waals surface area contributed by atoms with Crippen molar-refractivity contribution in [1.82, 2.24) is 9.88 Å². The monoisotopic (exact) mass is 303 g/mol. The number of aryl methyl sites for hydroxylation is 2. The predicted octanol–water partition coefficient (Wildman–Crippen LogP) is 2.29. The van der Waals surface area contributed by atoms with Gasteiger partial charge in [-0.15, -0.1) is 0 Å². The van der Waals surface area contributed by atoms with Crippen molar-refractivity contribution in [2.45, 2.75) is 38.5 Å². The van der Waals surface area contributed by atoms with E-state index in [1.807, 2.05) is 6.07 Å². The van der Waals surface area contributed by atoms with E-state index in [-0.39, 0.29) is 11.9 Å². The van der Waals surface area contributed by atoms with E-state index in [1.54, 1.807) is 11.1 Å². The number of aromatic nitrogens is 1. The van der Waals surface area contributed by atoms with Crippen LogP contribution in [0.5, 0.6) is 0 Å². The first kappa shape index (κ1) is 14.8. The third-order valence-electron chi connectivity index (χ3n) is 4.55. The predicted molar refractivity (Wildman–Crippen MR) is 81.8 cm³/mol. The Kier molecular flexibility index (Phi) is 4.27. The zero-order valence-electron chi connectivity index (χ0n) is 12.5. The fraction of sp³-hybridized carbons (Fsp3) is 0.562. The van der Waals surface area contributed by atoms with Gasteiger partial charge in [0.05, 0.1) is 17.8 Å². The van der Waals surface area contributed by atoms with Gasteiger partial charge in [0.1, 0.15) is 0 Å². The van der Waals surface area contributed by atoms with Gasteiger partial charge in [0.25, 0.3) is 0 Å². The summed E-state index contributed by atoms with van der Waals surface area (Å²) in [6.45, 7) is 0.975. The highest BCUT2D eigenvalue weighted by Crippen LogP contribution is 2.23. The number of pyridine rings is 1. The number of hydrogen-bond donors (Lipinski definition) is 2. The Morgan fingerprint density at radius 2 is 1.95 bits per heavy atom. The van der Waals surface area contributed by atoms with Crippen molar-refractivity contribution in [3.8, 4) is 0 Å². The van der Waals surface area contributed by atoms with Crippen LogP contribution in [-0.2, 0) is 17.6 Å². The van der Waals surface area contributed by atoms with Crippen molar-refractivity contribution >= 4 is 17.7 Å². The maximum Gasteiger partial charge on any atom is 0.321 e. The lowest BCUT2D eigenvalue weighted by Gasteiger charge is -2.30. The molecule has 2 aliphatic rings. The van der Waals surface area contributed by atoms with Gasteiger partial charge in [-0.3, -0.25) is 9.78 Å². The average Bonchev–Trinajstić information content (AvgIpc) is 2.55. The Morgan fingerprint density at radius 1 is 1.23 bits per heavy atom. The number of nitrogens with one attached hydrogen (secondary N) is 1. The second-order valence-electron chi connectivity index (χ2n) is 6.07. The van der Waals surface area contributed by atoms with Crippen LogP contribution < -0.4 is 5.32 Å². The molecule has 2 heterocycles. The fourth-order valence-electron chi connectivity index (χ4n) is 3.19. The number of amides is 2. The Bertz CT molecular complexity index is 580. The lowest BCUT2D eigenvalue weighted by molar-refractivity contribution is -0.143. The molecule has 1 fully saturated rings. The van der Waals surface area contributed by atoms with Gasteiger partial charge in [0, 0.05) is 18.8 Å². The summed E-state index contributed by atoms with van der Waals surface area (Å²) < 4.78 is 0. The van der Waals surface area contributed by atoms with Crippen LogP contribution in [0.3, 0.4) is 0 Å². The summed E-state index contributed by atoms with van der Waals surface area (Å²) >= 11 is 0. The third kappa shape index (κ3) is 3.21. The molecule has 1 aliphatic heterocycles. The van der Waals surface area contributed by atoms with Gasteiger partial charge in [-0.2, -0.15) is 0 Å². The third-order valence-corrected chi connectivity index (χ3v) is 4.55. The minimum atomic E-state index is -0.765. The fourth-order valence-corrected chi connectivity index (χ4v) is 3.19. The minimum Gasteiger partial charge on any atom is -0.481 e. The summed E-state index contributed by atoms with van der Waals surface area (Å²) in [6, 6.07) is 1.85. The van der Waals surface area contributed by atoms with Crippen LogP contribution in [0.15, 0.2) is 12.3 Å². The number of piperidine rings is 1. The molecule has 0 aromatic carbocycles. The number of rotatable bonds is 2. The molecular weight excluding hydrogens is 282 g/mol. The molecule has 6 nitrogen and oxygen atoms in total. The molecule has 3 rings (SSSR count). The number of nitrogens with zero attached hydrogens (tertiary/aromatic N) is 2. The van der Waals surface area contributed by atoms with Crippen molar-refractivity contribution in [3.63, 3.8) is 0 Å². The number of hydrogen-bond acceptors (Lipinski definition) is 3. The summed E-state index contributed by atoms with van der Waals surface area (Å²) in [5.74, 6) is -1.09. The summed E-state index contributed by atoms with van der Waals surface area (Å²) in [6.07, 6.45) is 7.16. The zero-order valence-corrected chi connectivity index (χ0v) is 12.5. The normalized spacial score (nSPS) is 18.6. The van der Waals surface area contributed by atoms with Crippen LogP contribution in [-0.4, -0.2) is 40.1 Å². The average molecular weight is 303 g/mol. The molecule has 0 spiro atoms. The number of likely N-dealkylation sites (tertiary alicyclic amines) is 1. The molecular formula is C16H21N3O3. The maximum absolute atomic E-state index is 12.3. The van der Waals surface area contributed by atoms with Crippen LogP contribution >= 0.6 is 0 Å². The number of carbonyl (C=O) groups excluding carboxylic acids is 1. The molecule has 1 aliphatic carbocycles. The van der Waals surface area contributed by atoms with E-state index in [2.05, 4.69) is 10.3 Å². The summed E-state index contributed by atoms with van der Waals surface area (Å²) in [5.41, 5.74) is 3.10. The number of carboxylic acids is 1. The van der Waals surface area contributed by atoms with Gasteiger partial charge in [-0.05, 0) is 50.2 Å². The van der Waals surface area contributed by atoms with Crippen LogP contribution in [0.4, 0.5) is 10.5 Å². The molecule has 6 heteroatoms. The van der Waals surface area contributed by atoms with Crippen molar-refractivity contribution in [1.29, 1.82) is 0 Å². The molecule has 118 valence electrons. The van der Waals surface area contributed by atoms with E-state index in [0.29, 0.717) is 25.9 Å². The molecule has 0 radical (unpaired) electrons. The first-order valence-corrected chi connectivity index (χ1v) is 7.90. The topological polar surface area (TPSA) is 82.5 Å². The second kappa shape index (κ2) is 6.34. The Morgan fingerprint density at radius 3 is 2.68 bits per heavy atom. The van der Waals surface area contributed by atoms with Gasteiger partial charge in [0.15, 0.2) is 0 Å². The first-order chi connectivity index (χ1) is 10.6. The molecule has 0 unspecified atom stereocenters. The number of urea groups is 1. The smallest absolute Gasteiger partial charge is 0.321 e. The van der Waals surface area contributed by atoms with Gasteiger partial charge in [0.2, 0.25) is 0 Å². The van der Waals surface area contributed by atoms with Gasteiger partial charge in [-0.25, -0.2) is 4.79 Å². The first-order valence-electron chi connectivity index (χ1n) is 7.90. The van der Waals surface area contributed by atoms with Crippen LogP contribution in [0.2, 0.25) is 0 Å². The van der Waals surface area contributed by atoms with E-state index >= 15 is 0 Å². The number of anilines is 1. The highest BCUT2D eigenvalue weighted by molar-refractivity contribution is 5.89. The van der Waals surface area contributed by atoms with Gasteiger partial charge < -0.3 is 15.3 Å². The molecule has 1 saturated heterocycles. The van der Waals surface area contributed by atoms with Gasteiger partial charge in [-0.1, -0.05) is 0 Å². The summed E-state index contributed by atoms with van der Waals surface area (Å²) in [4.78, 5) is 29.3. The molecule has 0 atom stereocenters. The van der Waals surface area contributed by atoms with E-state index in [0.717, 1.165) is 24.2 Å². The van der Waals surface area contributed by atoms with Crippen molar-refractivity contribution in [2.24, 2.45) is 5.92 Å². The van der Waals surface area contributed by atoms with Crippen molar-refractivity contribution in [2.75, 3.05) is 18.4 Å². The standard InChI is InChI=1S/C16H21N3O3/c20-15(21)11-5-7-19(8-6-11)16(22)18-13-9-12-3-1-2-4-14(12)17-10-13/h9-11H,1-8H2,(H,18,22)(H,20,21). The molecule has 2 N–H and O–H groups in total. The quantitative estimate of drug-likeness (QED) is 0.878. The van der Waals surface area contributed by atoms with E-state index in [1.165, 1.54) is 18.4 Å². The molecule has 2 amide bonds. The van der Waals surface area contributed by atoms with Crippen molar-refractivity contribution < 1.29 is 14.7 Å². The zero-order chi connectivity index (χ0) is 15.5. The summed E-state index contributed by atoms with van der Waals surface area (Å²) in [5, 5.41) is 11.9. The minimum absolute atomic E-state index is 0.165. The Hall–Kier alpha value is -2.11. The number of carbonyl (C=O) groups is 2. The second-order valence-corrected chi connectivity index (χ2v) is 6.07. The van der Waals surface area contributed by atoms with Crippen LogP contribution in [0.25, 0.3) is 0 Å². The highest BCUT2D eigenvalue weighted by Gasteiger charge is 2.27. The Labute approximate surface area is 129 Å². The lowest BCUT2D eigenvalue weighted by atomic mass is 9.96. The van der Waals surface area contributed by atoms with Crippen LogP contribution in [0, 0.1) is 5.92 Å². The largest absolute Gasteiger partial charge is 0.481 e. The Balaban J connectivity index is 1.59. The van der Waals surface area contributed by atoms with Gasteiger partial charge >= 0.3 is 12.0 Å². The van der Waals surface area contributed by atoms with E-state index < -0.39 is 5.97 Å². The summed E-state index contributed by atoms with van der Waals surface area (Å²) in [7, 11) is 0. The van der Waals surface area contributed by atoms with E-state index in [9.17, 15) is 9.59 Å². The highest BCUT2D eigenvalue weighted by atomic mass is 16.4. The van der Waals surface area contributed by atoms with Crippen molar-refractivity contribution in [3.05, 3.63) is 23.5 Å². The molecule has 22 heavy (non-hydrogen) atoms. The van der Waals surface area contributed by atoms with E-state index in [4.69, 9.17) is 5.11 Å². The number of aliphatic carboxylic acids is 1. The molecule has 0 saturated carbocycles. The molecule has 1 aromatic heterocycles. The number of fused-ring (bicyclic) bond motifs is 1. The number of carboxylic acid groups (broad SMARTS) is 1. The maximum atomic E-state index is 12.3. The molecule has 0 bridgehead atoms. The molecule has 1 aromatic rings. The lowest BCUT2D eigenvalue weighted by Crippen LogP contribution is -2.42.